The van der Waals surface area contributed by atoms with Crippen LogP contribution in [0, 0.1) is 0 Å². The van der Waals surface area contributed by atoms with Crippen LogP contribution in [-0.4, -0.2) is 38.7 Å². The van der Waals surface area contributed by atoms with Crippen LogP contribution in [0.2, 0.25) is 0 Å². The predicted molar refractivity (Wildman–Crippen MR) is 93.8 cm³/mol. The second-order valence-corrected chi connectivity index (χ2v) is 6.09. The number of carboxylic acid groups (broad SMARTS) is 2. The molecule has 0 heterocycles. The van der Waals surface area contributed by atoms with Crippen molar-refractivity contribution in [2.75, 3.05) is 0 Å². The summed E-state index contributed by atoms with van der Waals surface area (Å²) in [6, 6.07) is 0. The van der Waals surface area contributed by atoms with Gasteiger partial charge >= 0.3 is 11.9 Å². The molecule has 6 heteroatoms. The smallest absolute Gasteiger partial charge is 0.303 e. The molecule has 0 saturated heterocycles. The maximum absolute atomic E-state index is 9.90. The molecule has 0 saturated carbocycles. The lowest BCUT2D eigenvalue weighted by molar-refractivity contribution is -0.139. The monoisotopic (exact) mass is 348 g/mol. The molecule has 0 fully saturated rings. The van der Waals surface area contributed by atoms with Crippen molar-refractivity contribution in [2.45, 2.75) is 103 Å². The zero-order chi connectivity index (χ0) is 18.6. The van der Waals surface area contributed by atoms with Crippen molar-refractivity contribution in [3.05, 3.63) is 0 Å². The highest BCUT2D eigenvalue weighted by atomic mass is 16.5. The average Bonchev–Trinajstić information content (AvgIpc) is 2.50. The Morgan fingerprint density at radius 1 is 0.667 bits per heavy atom. The SMILES string of the molecule is CCCCCCCCCCCC(O)O.O=C(O)CCCCC(=O)O. The maximum atomic E-state index is 9.90. The summed E-state index contributed by atoms with van der Waals surface area (Å²) < 4.78 is 0. The highest BCUT2D eigenvalue weighted by molar-refractivity contribution is 5.67. The number of hydrogen-bond donors (Lipinski definition) is 4. The number of hydrogen-bond acceptors (Lipinski definition) is 4. The van der Waals surface area contributed by atoms with Gasteiger partial charge in [-0.15, -0.1) is 0 Å². The van der Waals surface area contributed by atoms with Crippen LogP contribution >= 0.6 is 0 Å². The van der Waals surface area contributed by atoms with Crippen LogP contribution in [0.5, 0.6) is 0 Å². The Morgan fingerprint density at radius 2 is 1.04 bits per heavy atom. The first-order chi connectivity index (χ1) is 11.4. The van der Waals surface area contributed by atoms with Crippen LogP contribution in [-0.2, 0) is 9.59 Å². The molecule has 0 radical (unpaired) electrons. The fraction of sp³-hybridized carbons (Fsp3) is 0.889. The molecule has 0 spiro atoms. The Morgan fingerprint density at radius 3 is 1.38 bits per heavy atom. The first-order valence-electron chi connectivity index (χ1n) is 9.19. The minimum Gasteiger partial charge on any atom is -0.481 e. The summed E-state index contributed by atoms with van der Waals surface area (Å²) in [7, 11) is 0. The van der Waals surface area contributed by atoms with E-state index in [1.165, 1.54) is 44.9 Å². The molecule has 24 heavy (non-hydrogen) atoms. The Bertz CT molecular complexity index is 275. The number of aliphatic carboxylic acids is 2. The zero-order valence-corrected chi connectivity index (χ0v) is 15.1. The van der Waals surface area contributed by atoms with E-state index < -0.39 is 18.2 Å². The molecule has 0 aliphatic carbocycles. The van der Waals surface area contributed by atoms with Crippen molar-refractivity contribution >= 4 is 11.9 Å². The summed E-state index contributed by atoms with van der Waals surface area (Å²) in [5.74, 6) is -1.74. The quantitative estimate of drug-likeness (QED) is 0.263. The van der Waals surface area contributed by atoms with Crippen LogP contribution in [0.15, 0.2) is 0 Å². The van der Waals surface area contributed by atoms with E-state index in [-0.39, 0.29) is 12.8 Å². The molecule has 0 bridgehead atoms. The largest absolute Gasteiger partial charge is 0.481 e. The number of rotatable bonds is 15. The molecule has 0 aliphatic heterocycles. The topological polar surface area (TPSA) is 115 Å². The summed E-state index contributed by atoms with van der Waals surface area (Å²) >= 11 is 0. The standard InChI is InChI=1S/C12H26O2.C6H10O4/c1-2-3-4-5-6-7-8-9-10-11-12(13)14;7-5(8)3-1-2-4-6(9)10/h12-14H,2-11H2,1H3;1-4H2,(H,7,8)(H,9,10). The lowest BCUT2D eigenvalue weighted by Crippen LogP contribution is -2.02. The Balaban J connectivity index is 0. The molecule has 0 aliphatic rings. The van der Waals surface area contributed by atoms with Gasteiger partial charge in [0.1, 0.15) is 0 Å². The van der Waals surface area contributed by atoms with E-state index in [4.69, 9.17) is 20.4 Å². The van der Waals surface area contributed by atoms with Gasteiger partial charge in [-0.25, -0.2) is 0 Å². The summed E-state index contributed by atoms with van der Waals surface area (Å²) in [5.41, 5.74) is 0. The van der Waals surface area contributed by atoms with Gasteiger partial charge in [-0.1, -0.05) is 58.3 Å². The van der Waals surface area contributed by atoms with Gasteiger partial charge in [0.2, 0.25) is 0 Å². The van der Waals surface area contributed by atoms with Crippen LogP contribution < -0.4 is 0 Å². The Labute approximate surface area is 145 Å². The van der Waals surface area contributed by atoms with Crippen molar-refractivity contribution < 1.29 is 30.0 Å². The average molecular weight is 348 g/mol. The fourth-order valence-corrected chi connectivity index (χ4v) is 2.19. The highest BCUT2D eigenvalue weighted by Crippen LogP contribution is 2.10. The molecule has 0 aromatic rings. The molecule has 0 rings (SSSR count). The Hall–Kier alpha value is -1.14. The van der Waals surface area contributed by atoms with E-state index in [2.05, 4.69) is 6.92 Å². The van der Waals surface area contributed by atoms with Gasteiger partial charge in [0.25, 0.3) is 0 Å². The Kier molecular flexibility index (Phi) is 20.8. The molecule has 0 aromatic carbocycles. The summed E-state index contributed by atoms with van der Waals surface area (Å²) in [4.78, 5) is 19.8. The second-order valence-electron chi connectivity index (χ2n) is 6.09. The van der Waals surface area contributed by atoms with Gasteiger partial charge in [0.15, 0.2) is 6.29 Å². The lowest BCUT2D eigenvalue weighted by Gasteiger charge is -2.03. The van der Waals surface area contributed by atoms with E-state index in [0.717, 1.165) is 12.8 Å². The van der Waals surface area contributed by atoms with Crippen molar-refractivity contribution in [1.82, 2.24) is 0 Å². The van der Waals surface area contributed by atoms with Crippen molar-refractivity contribution in [1.29, 1.82) is 0 Å². The zero-order valence-electron chi connectivity index (χ0n) is 15.1. The van der Waals surface area contributed by atoms with E-state index in [1.54, 1.807) is 0 Å². The van der Waals surface area contributed by atoms with Crippen molar-refractivity contribution in [2.24, 2.45) is 0 Å². The van der Waals surface area contributed by atoms with Gasteiger partial charge in [0, 0.05) is 12.8 Å². The van der Waals surface area contributed by atoms with E-state index in [0.29, 0.717) is 19.3 Å². The first-order valence-corrected chi connectivity index (χ1v) is 9.19. The summed E-state index contributed by atoms with van der Waals surface area (Å²) in [5, 5.41) is 33.5. The second kappa shape index (κ2) is 19.9. The fourth-order valence-electron chi connectivity index (χ4n) is 2.19. The number of aliphatic hydroxyl groups is 2. The molecule has 0 unspecified atom stereocenters. The number of aliphatic hydroxyl groups excluding tert-OH is 1. The predicted octanol–water partition coefficient (Wildman–Crippen LogP) is 3.93. The molecule has 4 N–H and O–H groups in total. The lowest BCUT2D eigenvalue weighted by atomic mass is 10.1. The van der Waals surface area contributed by atoms with Gasteiger partial charge < -0.3 is 20.4 Å². The van der Waals surface area contributed by atoms with Crippen LogP contribution in [0.1, 0.15) is 96.8 Å². The van der Waals surface area contributed by atoms with Crippen LogP contribution in [0.3, 0.4) is 0 Å². The molecular formula is C18H36O6. The normalized spacial score (nSPS) is 10.3. The number of unbranched alkanes of at least 4 members (excludes halogenated alkanes) is 9. The molecule has 6 nitrogen and oxygen atoms in total. The van der Waals surface area contributed by atoms with Gasteiger partial charge in [-0.2, -0.15) is 0 Å². The third-order valence-corrected chi connectivity index (χ3v) is 3.60. The molecule has 0 atom stereocenters. The van der Waals surface area contributed by atoms with Gasteiger partial charge in [-0.05, 0) is 25.7 Å². The third kappa shape index (κ3) is 28.9. The highest BCUT2D eigenvalue weighted by Gasteiger charge is 1.99. The van der Waals surface area contributed by atoms with Gasteiger partial charge in [0.05, 0.1) is 0 Å². The summed E-state index contributed by atoms with van der Waals surface area (Å²) in [6.07, 6.45) is 11.9. The third-order valence-electron chi connectivity index (χ3n) is 3.60. The molecular weight excluding hydrogens is 312 g/mol. The summed E-state index contributed by atoms with van der Waals surface area (Å²) in [6.45, 7) is 2.24. The van der Waals surface area contributed by atoms with Crippen molar-refractivity contribution in [3.8, 4) is 0 Å². The van der Waals surface area contributed by atoms with E-state index in [9.17, 15) is 9.59 Å². The minimum absolute atomic E-state index is 0.0628. The van der Waals surface area contributed by atoms with Crippen molar-refractivity contribution in [3.63, 3.8) is 0 Å². The first kappa shape index (κ1) is 25.1. The van der Waals surface area contributed by atoms with E-state index in [1.807, 2.05) is 0 Å². The molecule has 144 valence electrons. The van der Waals surface area contributed by atoms with Crippen LogP contribution in [0.25, 0.3) is 0 Å². The van der Waals surface area contributed by atoms with Crippen LogP contribution in [0.4, 0.5) is 0 Å². The van der Waals surface area contributed by atoms with E-state index >= 15 is 0 Å². The van der Waals surface area contributed by atoms with Gasteiger partial charge in [-0.3, -0.25) is 9.59 Å². The molecule has 0 amide bonds. The maximum Gasteiger partial charge on any atom is 0.303 e. The minimum atomic E-state index is -1.10. The number of carboxylic acids is 2. The number of carbonyl (C=O) groups is 2. The molecule has 0 aromatic heterocycles.